The van der Waals surface area contributed by atoms with Crippen LogP contribution in [0.2, 0.25) is 0 Å². The van der Waals surface area contributed by atoms with E-state index in [1.165, 1.54) is 0 Å². The van der Waals surface area contributed by atoms with Crippen molar-refractivity contribution >= 4 is 0 Å². The summed E-state index contributed by atoms with van der Waals surface area (Å²) in [7, 11) is 0. The van der Waals surface area contributed by atoms with Crippen LogP contribution in [0.25, 0.3) is 0 Å². The number of para-hydroxylation sites is 1. The lowest BCUT2D eigenvalue weighted by Gasteiger charge is -2.04. The van der Waals surface area contributed by atoms with E-state index in [0.29, 0.717) is 13.0 Å². The third-order valence-corrected chi connectivity index (χ3v) is 1.50. The van der Waals surface area contributed by atoms with Crippen LogP contribution in [0.4, 0.5) is 0 Å². The molecule has 0 saturated carbocycles. The first-order valence-corrected chi connectivity index (χ1v) is 4.24. The van der Waals surface area contributed by atoms with Crippen LogP contribution in [0.5, 0.6) is 5.75 Å². The van der Waals surface area contributed by atoms with Gasteiger partial charge in [0.1, 0.15) is 5.75 Å². The molecule has 76 valence electrons. The Labute approximate surface area is 81.4 Å². The Kier molecular flexibility index (Phi) is 4.26. The highest BCUT2D eigenvalue weighted by Gasteiger charge is 1.95. The summed E-state index contributed by atoms with van der Waals surface area (Å²) in [5.41, 5.74) is 0. The third kappa shape index (κ3) is 4.30. The smallest absolute Gasteiger partial charge is 0.294 e. The second kappa shape index (κ2) is 5.80. The lowest BCUT2D eigenvalue weighted by Crippen LogP contribution is -2.06. The number of hydrogen-bond donors (Lipinski definition) is 0. The lowest BCUT2D eigenvalue weighted by atomic mass is 10.3. The number of nitrogens with zero attached hydrogens (tertiary/aromatic N) is 1. The van der Waals surface area contributed by atoms with Gasteiger partial charge in [-0.25, -0.2) is 0 Å². The van der Waals surface area contributed by atoms with Crippen LogP contribution >= 0.6 is 0 Å². The van der Waals surface area contributed by atoms with Gasteiger partial charge in [-0.1, -0.05) is 18.2 Å². The first kappa shape index (κ1) is 10.3. The molecule has 1 aromatic rings. The molecule has 0 spiro atoms. The predicted molar refractivity (Wildman–Crippen MR) is 49.5 cm³/mol. The van der Waals surface area contributed by atoms with Crippen LogP contribution in [-0.2, 0) is 4.84 Å². The van der Waals surface area contributed by atoms with Gasteiger partial charge in [0.15, 0.2) is 0 Å². The Hall–Kier alpha value is -1.78. The molecule has 0 aliphatic rings. The van der Waals surface area contributed by atoms with Gasteiger partial charge < -0.3 is 9.57 Å². The largest absolute Gasteiger partial charge is 0.494 e. The van der Waals surface area contributed by atoms with E-state index in [1.807, 2.05) is 30.3 Å². The minimum Gasteiger partial charge on any atom is -0.494 e. The van der Waals surface area contributed by atoms with Crippen molar-refractivity contribution in [2.45, 2.75) is 6.42 Å². The van der Waals surface area contributed by atoms with Crippen molar-refractivity contribution in [3.63, 3.8) is 0 Å². The Bertz CT molecular complexity index is 275. The fourth-order valence-electron chi connectivity index (χ4n) is 0.905. The van der Waals surface area contributed by atoms with Crippen molar-refractivity contribution in [2.75, 3.05) is 13.2 Å². The minimum absolute atomic E-state index is 0.0693. The average Bonchev–Trinajstić information content (AvgIpc) is 2.18. The minimum atomic E-state index is -0.803. The Balaban J connectivity index is 2.08. The summed E-state index contributed by atoms with van der Waals surface area (Å²) < 4.78 is 5.29. The van der Waals surface area contributed by atoms with E-state index in [4.69, 9.17) is 4.74 Å². The summed E-state index contributed by atoms with van der Waals surface area (Å²) in [6, 6.07) is 9.27. The highest BCUT2D eigenvalue weighted by atomic mass is 16.9. The second-order valence-corrected chi connectivity index (χ2v) is 2.57. The van der Waals surface area contributed by atoms with Crippen molar-refractivity contribution in [1.29, 1.82) is 0 Å². The highest BCUT2D eigenvalue weighted by molar-refractivity contribution is 5.20. The fraction of sp³-hybridized carbons (Fsp3) is 0.333. The highest BCUT2D eigenvalue weighted by Crippen LogP contribution is 2.08. The summed E-state index contributed by atoms with van der Waals surface area (Å²) in [6.07, 6.45) is 0.496. The Morgan fingerprint density at radius 1 is 1.21 bits per heavy atom. The van der Waals surface area contributed by atoms with Gasteiger partial charge in [-0.05, 0) is 12.1 Å². The van der Waals surface area contributed by atoms with E-state index < -0.39 is 5.09 Å². The molecule has 0 fully saturated rings. The molecule has 1 rings (SSSR count). The topological polar surface area (TPSA) is 61.6 Å². The van der Waals surface area contributed by atoms with Gasteiger partial charge in [0.2, 0.25) is 0 Å². The zero-order valence-electron chi connectivity index (χ0n) is 7.59. The second-order valence-electron chi connectivity index (χ2n) is 2.57. The molecule has 0 aromatic heterocycles. The van der Waals surface area contributed by atoms with Crippen molar-refractivity contribution in [3.05, 3.63) is 40.4 Å². The summed E-state index contributed by atoms with van der Waals surface area (Å²) >= 11 is 0. The van der Waals surface area contributed by atoms with E-state index in [1.54, 1.807) is 0 Å². The van der Waals surface area contributed by atoms with Crippen molar-refractivity contribution in [1.82, 2.24) is 0 Å². The van der Waals surface area contributed by atoms with Gasteiger partial charge in [-0.3, -0.25) is 0 Å². The molecule has 0 unspecified atom stereocenters. The first-order valence-electron chi connectivity index (χ1n) is 4.24. The van der Waals surface area contributed by atoms with E-state index in [2.05, 4.69) is 4.84 Å². The van der Waals surface area contributed by atoms with Gasteiger partial charge in [-0.15, -0.1) is 10.1 Å². The summed E-state index contributed by atoms with van der Waals surface area (Å²) in [6.45, 7) is 0.484. The van der Waals surface area contributed by atoms with Gasteiger partial charge in [-0.2, -0.15) is 0 Å². The molecule has 0 radical (unpaired) electrons. The van der Waals surface area contributed by atoms with Crippen molar-refractivity contribution in [2.24, 2.45) is 0 Å². The number of hydrogen-bond acceptors (Lipinski definition) is 4. The zero-order valence-corrected chi connectivity index (χ0v) is 7.59. The fourth-order valence-corrected chi connectivity index (χ4v) is 0.905. The molecule has 5 nitrogen and oxygen atoms in total. The molecule has 0 bridgehead atoms. The molecular formula is C9H11NO4. The number of benzene rings is 1. The SMILES string of the molecule is O=[N+]([O-])OCCCOc1ccccc1. The Morgan fingerprint density at radius 3 is 2.57 bits per heavy atom. The summed E-state index contributed by atoms with van der Waals surface area (Å²) in [5.74, 6) is 0.758. The molecule has 0 aliphatic heterocycles. The molecule has 0 aliphatic carbocycles. The maximum absolute atomic E-state index is 9.77. The van der Waals surface area contributed by atoms with Gasteiger partial charge in [0.05, 0.1) is 13.2 Å². The number of ether oxygens (including phenoxy) is 1. The van der Waals surface area contributed by atoms with E-state index in [-0.39, 0.29) is 6.61 Å². The molecule has 14 heavy (non-hydrogen) atoms. The monoisotopic (exact) mass is 197 g/mol. The molecule has 0 amide bonds. The van der Waals surface area contributed by atoms with Gasteiger partial charge in [0, 0.05) is 6.42 Å². The summed E-state index contributed by atoms with van der Waals surface area (Å²) in [5, 5.41) is 8.97. The molecule has 5 heteroatoms. The van der Waals surface area contributed by atoms with E-state index in [0.717, 1.165) is 5.75 Å². The maximum atomic E-state index is 9.77. The van der Waals surface area contributed by atoms with Crippen LogP contribution in [0.3, 0.4) is 0 Å². The zero-order chi connectivity index (χ0) is 10.2. The lowest BCUT2D eigenvalue weighted by molar-refractivity contribution is -0.757. The molecule has 1 aromatic carbocycles. The van der Waals surface area contributed by atoms with E-state index >= 15 is 0 Å². The van der Waals surface area contributed by atoms with Crippen molar-refractivity contribution < 1.29 is 14.7 Å². The molecule has 0 N–H and O–H groups in total. The average molecular weight is 197 g/mol. The van der Waals surface area contributed by atoms with Crippen LogP contribution in [0.15, 0.2) is 30.3 Å². The molecule has 0 heterocycles. The summed E-state index contributed by atoms with van der Waals surface area (Å²) in [4.78, 5) is 13.9. The van der Waals surface area contributed by atoms with Gasteiger partial charge >= 0.3 is 0 Å². The third-order valence-electron chi connectivity index (χ3n) is 1.50. The number of rotatable bonds is 6. The molecule has 0 saturated heterocycles. The maximum Gasteiger partial charge on any atom is 0.294 e. The van der Waals surface area contributed by atoms with Crippen LogP contribution in [-0.4, -0.2) is 18.3 Å². The molecular weight excluding hydrogens is 186 g/mol. The Morgan fingerprint density at radius 2 is 1.93 bits per heavy atom. The van der Waals surface area contributed by atoms with E-state index in [9.17, 15) is 10.1 Å². The quantitative estimate of drug-likeness (QED) is 0.395. The van der Waals surface area contributed by atoms with Crippen LogP contribution < -0.4 is 4.74 Å². The predicted octanol–water partition coefficient (Wildman–Crippen LogP) is 1.66. The van der Waals surface area contributed by atoms with Crippen molar-refractivity contribution in [3.8, 4) is 5.75 Å². The van der Waals surface area contributed by atoms with Gasteiger partial charge in [0.25, 0.3) is 5.09 Å². The standard InChI is InChI=1S/C9H11NO4/c11-10(12)14-8-4-7-13-9-5-2-1-3-6-9/h1-3,5-6H,4,7-8H2. The molecule has 0 atom stereocenters. The van der Waals surface area contributed by atoms with Crippen LogP contribution in [0.1, 0.15) is 6.42 Å². The first-order chi connectivity index (χ1) is 6.79. The van der Waals surface area contributed by atoms with Crippen LogP contribution in [0, 0.1) is 10.1 Å². The normalized spacial score (nSPS) is 9.43.